The Kier molecular flexibility index (Phi) is 7.71. The van der Waals surface area contributed by atoms with Gasteiger partial charge in [0.05, 0.1) is 6.42 Å². The SMILES string of the molecule is NC(O)c1ccc(CCNC(=O)Cc2ccc(Cl)cc2)cc1.O. The normalized spacial score (nSPS) is 11.4. The molecule has 0 spiro atoms. The molecule has 0 radical (unpaired) electrons. The minimum Gasteiger partial charge on any atom is -0.412 e. The molecule has 1 unspecified atom stereocenters. The Hall–Kier alpha value is -1.92. The van der Waals surface area contributed by atoms with E-state index in [2.05, 4.69) is 5.32 Å². The zero-order chi connectivity index (χ0) is 15.9. The first-order valence-electron chi connectivity index (χ1n) is 7.08. The predicted molar refractivity (Wildman–Crippen MR) is 91.1 cm³/mol. The number of aliphatic hydroxyl groups is 1. The van der Waals surface area contributed by atoms with Gasteiger partial charge in [-0.2, -0.15) is 0 Å². The zero-order valence-corrected chi connectivity index (χ0v) is 13.4. The summed E-state index contributed by atoms with van der Waals surface area (Å²) in [5.74, 6) is -0.0173. The Morgan fingerprint density at radius 2 is 1.65 bits per heavy atom. The fourth-order valence-electron chi connectivity index (χ4n) is 2.08. The van der Waals surface area contributed by atoms with Crippen molar-refractivity contribution in [2.45, 2.75) is 19.1 Å². The fraction of sp³-hybridized carbons (Fsp3) is 0.235. The second-order valence-corrected chi connectivity index (χ2v) is 5.53. The number of rotatable bonds is 6. The van der Waals surface area contributed by atoms with Crippen LogP contribution in [0.3, 0.4) is 0 Å². The van der Waals surface area contributed by atoms with Crippen molar-refractivity contribution in [3.63, 3.8) is 0 Å². The Bertz CT molecular complexity index is 613. The molecule has 1 atom stereocenters. The van der Waals surface area contributed by atoms with E-state index in [1.165, 1.54) is 0 Å². The number of hydrogen-bond donors (Lipinski definition) is 3. The number of nitrogens with one attached hydrogen (secondary N) is 1. The highest BCUT2D eigenvalue weighted by atomic mass is 35.5. The summed E-state index contributed by atoms with van der Waals surface area (Å²) < 4.78 is 0. The Morgan fingerprint density at radius 3 is 2.22 bits per heavy atom. The minimum absolute atomic E-state index is 0. The van der Waals surface area contributed by atoms with Crippen LogP contribution in [-0.4, -0.2) is 23.0 Å². The molecule has 6 N–H and O–H groups in total. The van der Waals surface area contributed by atoms with Gasteiger partial charge in [-0.25, -0.2) is 0 Å². The predicted octanol–water partition coefficient (Wildman–Crippen LogP) is 1.37. The second kappa shape index (κ2) is 9.27. The van der Waals surface area contributed by atoms with Gasteiger partial charge in [-0.1, -0.05) is 48.0 Å². The van der Waals surface area contributed by atoms with E-state index in [0.717, 1.165) is 17.5 Å². The van der Waals surface area contributed by atoms with E-state index in [9.17, 15) is 9.90 Å². The number of hydrogen-bond acceptors (Lipinski definition) is 3. The minimum atomic E-state index is -0.951. The van der Waals surface area contributed by atoms with Gasteiger partial charge in [0.2, 0.25) is 5.91 Å². The molecule has 0 heterocycles. The highest BCUT2D eigenvalue weighted by Gasteiger charge is 2.04. The first-order chi connectivity index (χ1) is 10.5. The molecule has 1 amide bonds. The van der Waals surface area contributed by atoms with Crippen LogP contribution >= 0.6 is 11.6 Å². The molecule has 124 valence electrons. The van der Waals surface area contributed by atoms with E-state index in [1.54, 1.807) is 24.3 Å². The molecule has 2 rings (SSSR count). The quantitative estimate of drug-likeness (QED) is 0.693. The summed E-state index contributed by atoms with van der Waals surface area (Å²) in [6.45, 7) is 0.566. The van der Waals surface area contributed by atoms with Crippen molar-refractivity contribution < 1.29 is 15.4 Å². The third-order valence-corrected chi connectivity index (χ3v) is 3.59. The van der Waals surface area contributed by atoms with Gasteiger partial charge in [-0.05, 0) is 35.2 Å². The molecule has 0 aliphatic carbocycles. The summed E-state index contributed by atoms with van der Waals surface area (Å²) in [4.78, 5) is 11.8. The largest absolute Gasteiger partial charge is 0.412 e. The lowest BCUT2D eigenvalue weighted by Gasteiger charge is -2.08. The molecule has 0 aliphatic rings. The van der Waals surface area contributed by atoms with E-state index >= 15 is 0 Å². The van der Waals surface area contributed by atoms with Crippen molar-refractivity contribution in [3.05, 3.63) is 70.2 Å². The Balaban J connectivity index is 0.00000264. The number of carbonyl (C=O) groups excluding carboxylic acids is 1. The van der Waals surface area contributed by atoms with Crippen LogP contribution in [0.1, 0.15) is 22.9 Å². The van der Waals surface area contributed by atoms with E-state index in [-0.39, 0.29) is 11.4 Å². The maximum atomic E-state index is 11.8. The molecule has 5 nitrogen and oxygen atoms in total. The Labute approximate surface area is 140 Å². The summed E-state index contributed by atoms with van der Waals surface area (Å²) in [5.41, 5.74) is 8.07. The van der Waals surface area contributed by atoms with Crippen LogP contribution in [0, 0.1) is 0 Å². The van der Waals surface area contributed by atoms with Gasteiger partial charge in [0, 0.05) is 11.6 Å². The van der Waals surface area contributed by atoms with Crippen LogP contribution in [0.4, 0.5) is 0 Å². The molecule has 0 saturated heterocycles. The number of benzene rings is 2. The van der Waals surface area contributed by atoms with Crippen LogP contribution in [0.2, 0.25) is 5.02 Å². The number of halogens is 1. The lowest BCUT2D eigenvalue weighted by molar-refractivity contribution is -0.120. The van der Waals surface area contributed by atoms with E-state index in [4.69, 9.17) is 17.3 Å². The third kappa shape index (κ3) is 6.38. The van der Waals surface area contributed by atoms with Crippen molar-refractivity contribution in [3.8, 4) is 0 Å². The smallest absolute Gasteiger partial charge is 0.224 e. The number of nitrogens with two attached hydrogens (primary N) is 1. The van der Waals surface area contributed by atoms with Crippen LogP contribution in [0.5, 0.6) is 0 Å². The molecule has 0 fully saturated rings. The lowest BCUT2D eigenvalue weighted by atomic mass is 10.1. The summed E-state index contributed by atoms with van der Waals surface area (Å²) in [5, 5.41) is 12.8. The van der Waals surface area contributed by atoms with Crippen molar-refractivity contribution >= 4 is 17.5 Å². The van der Waals surface area contributed by atoms with Gasteiger partial charge in [0.1, 0.15) is 6.23 Å². The van der Waals surface area contributed by atoms with Crippen LogP contribution < -0.4 is 11.1 Å². The number of amides is 1. The van der Waals surface area contributed by atoms with Crippen LogP contribution in [0.15, 0.2) is 48.5 Å². The Morgan fingerprint density at radius 1 is 1.09 bits per heavy atom. The molecule has 2 aromatic carbocycles. The van der Waals surface area contributed by atoms with E-state index in [1.807, 2.05) is 24.3 Å². The highest BCUT2D eigenvalue weighted by molar-refractivity contribution is 6.30. The molecule has 0 aromatic heterocycles. The molecular formula is C17H21ClN2O3. The molecule has 0 saturated carbocycles. The van der Waals surface area contributed by atoms with Gasteiger partial charge in [-0.15, -0.1) is 0 Å². The van der Waals surface area contributed by atoms with Crippen LogP contribution in [-0.2, 0) is 17.6 Å². The fourth-order valence-corrected chi connectivity index (χ4v) is 2.20. The van der Waals surface area contributed by atoms with E-state index in [0.29, 0.717) is 23.6 Å². The average Bonchev–Trinajstić information content (AvgIpc) is 2.50. The topological polar surface area (TPSA) is 107 Å². The molecular weight excluding hydrogens is 316 g/mol. The first kappa shape index (κ1) is 19.1. The lowest BCUT2D eigenvalue weighted by Crippen LogP contribution is -2.27. The maximum absolute atomic E-state index is 11.8. The summed E-state index contributed by atoms with van der Waals surface area (Å²) in [7, 11) is 0. The summed E-state index contributed by atoms with van der Waals surface area (Å²) in [6, 6.07) is 14.6. The maximum Gasteiger partial charge on any atom is 0.224 e. The van der Waals surface area contributed by atoms with Crippen molar-refractivity contribution in [2.75, 3.05) is 6.54 Å². The molecule has 0 aliphatic heterocycles. The zero-order valence-electron chi connectivity index (χ0n) is 12.6. The molecule has 6 heteroatoms. The van der Waals surface area contributed by atoms with Crippen molar-refractivity contribution in [2.24, 2.45) is 5.73 Å². The highest BCUT2D eigenvalue weighted by Crippen LogP contribution is 2.10. The first-order valence-corrected chi connectivity index (χ1v) is 7.46. The second-order valence-electron chi connectivity index (χ2n) is 5.09. The monoisotopic (exact) mass is 336 g/mol. The van der Waals surface area contributed by atoms with Crippen molar-refractivity contribution in [1.82, 2.24) is 5.32 Å². The van der Waals surface area contributed by atoms with Crippen LogP contribution in [0.25, 0.3) is 0 Å². The number of carbonyl (C=O) groups is 1. The van der Waals surface area contributed by atoms with Gasteiger partial charge < -0.3 is 21.6 Å². The number of aliphatic hydroxyl groups excluding tert-OH is 1. The molecule has 2 aromatic rings. The van der Waals surface area contributed by atoms with Gasteiger partial charge in [0.15, 0.2) is 0 Å². The van der Waals surface area contributed by atoms with Gasteiger partial charge in [0.25, 0.3) is 0 Å². The van der Waals surface area contributed by atoms with E-state index < -0.39 is 6.23 Å². The van der Waals surface area contributed by atoms with Gasteiger partial charge in [-0.3, -0.25) is 4.79 Å². The van der Waals surface area contributed by atoms with Gasteiger partial charge >= 0.3 is 0 Å². The summed E-state index contributed by atoms with van der Waals surface area (Å²) >= 11 is 5.81. The third-order valence-electron chi connectivity index (χ3n) is 3.34. The standard InChI is InChI=1S/C17H19ClN2O2.H2O/c18-15-7-3-13(4-8-15)11-16(21)20-10-9-12-1-5-14(6-2-12)17(19)22;/h1-8,17,22H,9-11,19H2,(H,20,21);1H2. The summed E-state index contributed by atoms with van der Waals surface area (Å²) in [6.07, 6.45) is 0.121. The molecule has 0 bridgehead atoms. The average molecular weight is 337 g/mol. The molecule has 23 heavy (non-hydrogen) atoms. The van der Waals surface area contributed by atoms with Crippen molar-refractivity contribution in [1.29, 1.82) is 0 Å².